The molecule has 0 spiro atoms. The molecule has 1 unspecified atom stereocenters. The fraction of sp³-hybridized carbons (Fsp3) is 0.533. The van der Waals surface area contributed by atoms with E-state index in [9.17, 15) is 0 Å². The third kappa shape index (κ3) is 5.01. The molecular formula is C15H22N2. The van der Waals surface area contributed by atoms with Crippen LogP contribution >= 0.6 is 0 Å². The Labute approximate surface area is 105 Å². The monoisotopic (exact) mass is 230 g/mol. The van der Waals surface area contributed by atoms with Crippen LogP contribution in [0.3, 0.4) is 0 Å². The Kier molecular flexibility index (Phi) is 5.18. The van der Waals surface area contributed by atoms with Gasteiger partial charge in [0.2, 0.25) is 0 Å². The highest BCUT2D eigenvalue weighted by molar-refractivity contribution is 5.15. The van der Waals surface area contributed by atoms with Gasteiger partial charge in [-0.1, -0.05) is 37.3 Å². The summed E-state index contributed by atoms with van der Waals surface area (Å²) in [7, 11) is 0. The molecule has 0 radical (unpaired) electrons. The van der Waals surface area contributed by atoms with Crippen molar-refractivity contribution in [2.45, 2.75) is 39.7 Å². The first kappa shape index (κ1) is 13.7. The summed E-state index contributed by atoms with van der Waals surface area (Å²) >= 11 is 0. The van der Waals surface area contributed by atoms with Gasteiger partial charge in [0.15, 0.2) is 0 Å². The van der Waals surface area contributed by atoms with Crippen LogP contribution in [0.4, 0.5) is 0 Å². The molecule has 2 nitrogen and oxygen atoms in total. The van der Waals surface area contributed by atoms with Gasteiger partial charge in [-0.15, -0.1) is 0 Å². The standard InChI is InChI=1S/C15H22N2/c1-4-14(17-12-15(2,3)11-16)10-13-8-6-5-7-9-13/h5-9,14,17H,4,10,12H2,1-3H3. The van der Waals surface area contributed by atoms with Gasteiger partial charge in [-0.2, -0.15) is 5.26 Å². The second-order valence-electron chi connectivity index (χ2n) is 5.17. The van der Waals surface area contributed by atoms with Crippen LogP contribution in [0, 0.1) is 16.7 Å². The zero-order valence-corrected chi connectivity index (χ0v) is 11.0. The van der Waals surface area contributed by atoms with Crippen LogP contribution < -0.4 is 5.32 Å². The maximum atomic E-state index is 8.98. The van der Waals surface area contributed by atoms with Gasteiger partial charge in [-0.3, -0.25) is 0 Å². The fourth-order valence-corrected chi connectivity index (χ4v) is 1.70. The molecule has 0 aliphatic carbocycles. The van der Waals surface area contributed by atoms with E-state index >= 15 is 0 Å². The van der Waals surface area contributed by atoms with Crippen molar-refractivity contribution in [1.29, 1.82) is 5.26 Å². The Balaban J connectivity index is 2.48. The zero-order valence-electron chi connectivity index (χ0n) is 11.0. The molecule has 1 N–H and O–H groups in total. The van der Waals surface area contributed by atoms with Crippen LogP contribution in [-0.4, -0.2) is 12.6 Å². The van der Waals surface area contributed by atoms with Gasteiger partial charge < -0.3 is 5.32 Å². The molecule has 0 bridgehead atoms. The number of benzene rings is 1. The van der Waals surface area contributed by atoms with E-state index in [1.165, 1.54) is 5.56 Å². The van der Waals surface area contributed by atoms with Crippen LogP contribution in [0.15, 0.2) is 30.3 Å². The van der Waals surface area contributed by atoms with Crippen molar-refractivity contribution in [2.24, 2.45) is 5.41 Å². The Bertz CT molecular complexity index is 362. The zero-order chi connectivity index (χ0) is 12.7. The van der Waals surface area contributed by atoms with Gasteiger partial charge in [0.05, 0.1) is 11.5 Å². The Hall–Kier alpha value is -1.33. The van der Waals surface area contributed by atoms with E-state index in [0.717, 1.165) is 19.4 Å². The number of nitriles is 1. The van der Waals surface area contributed by atoms with E-state index in [4.69, 9.17) is 5.26 Å². The first-order valence-electron chi connectivity index (χ1n) is 6.26. The lowest BCUT2D eigenvalue weighted by Gasteiger charge is -2.22. The molecular weight excluding hydrogens is 208 g/mol. The maximum Gasteiger partial charge on any atom is 0.0697 e. The van der Waals surface area contributed by atoms with Crippen molar-refractivity contribution < 1.29 is 0 Å². The molecule has 0 amide bonds. The average molecular weight is 230 g/mol. The number of nitrogens with zero attached hydrogens (tertiary/aromatic N) is 1. The highest BCUT2D eigenvalue weighted by Crippen LogP contribution is 2.13. The topological polar surface area (TPSA) is 35.8 Å². The minimum atomic E-state index is -0.288. The Morgan fingerprint density at radius 2 is 1.94 bits per heavy atom. The van der Waals surface area contributed by atoms with E-state index < -0.39 is 0 Å². The van der Waals surface area contributed by atoms with Crippen LogP contribution in [-0.2, 0) is 6.42 Å². The number of nitrogens with one attached hydrogen (secondary N) is 1. The fourth-order valence-electron chi connectivity index (χ4n) is 1.70. The average Bonchev–Trinajstić information content (AvgIpc) is 2.35. The van der Waals surface area contributed by atoms with Crippen molar-refractivity contribution >= 4 is 0 Å². The first-order valence-corrected chi connectivity index (χ1v) is 6.26. The summed E-state index contributed by atoms with van der Waals surface area (Å²) in [4.78, 5) is 0. The van der Waals surface area contributed by atoms with Crippen molar-refractivity contribution in [1.82, 2.24) is 5.32 Å². The third-order valence-electron chi connectivity index (χ3n) is 2.95. The predicted molar refractivity (Wildman–Crippen MR) is 71.6 cm³/mol. The van der Waals surface area contributed by atoms with Crippen LogP contribution in [0.2, 0.25) is 0 Å². The summed E-state index contributed by atoms with van der Waals surface area (Å²) in [5.41, 5.74) is 1.06. The Morgan fingerprint density at radius 3 is 2.47 bits per heavy atom. The lowest BCUT2D eigenvalue weighted by atomic mass is 9.94. The minimum Gasteiger partial charge on any atom is -0.312 e. The smallest absolute Gasteiger partial charge is 0.0697 e. The van der Waals surface area contributed by atoms with Gasteiger partial charge in [-0.05, 0) is 32.3 Å². The molecule has 1 rings (SSSR count). The lowest BCUT2D eigenvalue weighted by molar-refractivity contribution is 0.391. The van der Waals surface area contributed by atoms with Crippen molar-refractivity contribution in [3.8, 4) is 6.07 Å². The number of rotatable bonds is 6. The molecule has 0 fully saturated rings. The van der Waals surface area contributed by atoms with Crippen molar-refractivity contribution in [2.75, 3.05) is 6.54 Å². The second kappa shape index (κ2) is 6.42. The van der Waals surface area contributed by atoms with Crippen LogP contribution in [0.5, 0.6) is 0 Å². The number of hydrogen-bond acceptors (Lipinski definition) is 2. The summed E-state index contributed by atoms with van der Waals surface area (Å²) in [5, 5.41) is 12.5. The van der Waals surface area contributed by atoms with E-state index in [-0.39, 0.29) is 5.41 Å². The first-order chi connectivity index (χ1) is 8.07. The van der Waals surface area contributed by atoms with Crippen LogP contribution in [0.1, 0.15) is 32.8 Å². The molecule has 1 aromatic carbocycles. The quantitative estimate of drug-likeness (QED) is 0.815. The molecule has 92 valence electrons. The van der Waals surface area contributed by atoms with E-state index in [2.05, 4.69) is 42.6 Å². The number of hydrogen-bond donors (Lipinski definition) is 1. The van der Waals surface area contributed by atoms with Gasteiger partial charge in [0, 0.05) is 12.6 Å². The van der Waals surface area contributed by atoms with Crippen molar-refractivity contribution in [3.05, 3.63) is 35.9 Å². The molecule has 0 saturated carbocycles. The normalized spacial score (nSPS) is 13.1. The van der Waals surface area contributed by atoms with Gasteiger partial charge in [0.1, 0.15) is 0 Å². The third-order valence-corrected chi connectivity index (χ3v) is 2.95. The summed E-state index contributed by atoms with van der Waals surface area (Å²) in [6.07, 6.45) is 2.11. The highest BCUT2D eigenvalue weighted by atomic mass is 14.9. The largest absolute Gasteiger partial charge is 0.312 e. The summed E-state index contributed by atoms with van der Waals surface area (Å²) in [5.74, 6) is 0. The molecule has 2 heteroatoms. The predicted octanol–water partition coefficient (Wildman–Crippen LogP) is 3.15. The highest BCUT2D eigenvalue weighted by Gasteiger charge is 2.18. The van der Waals surface area contributed by atoms with Crippen molar-refractivity contribution in [3.63, 3.8) is 0 Å². The van der Waals surface area contributed by atoms with E-state index in [1.54, 1.807) is 0 Å². The Morgan fingerprint density at radius 1 is 1.29 bits per heavy atom. The molecule has 0 heterocycles. The van der Waals surface area contributed by atoms with E-state index in [1.807, 2.05) is 19.9 Å². The van der Waals surface area contributed by atoms with Crippen LogP contribution in [0.25, 0.3) is 0 Å². The SMILES string of the molecule is CCC(Cc1ccccc1)NCC(C)(C)C#N. The van der Waals surface area contributed by atoms with Gasteiger partial charge in [0.25, 0.3) is 0 Å². The van der Waals surface area contributed by atoms with E-state index in [0.29, 0.717) is 6.04 Å². The molecule has 1 aromatic rings. The molecule has 0 aromatic heterocycles. The van der Waals surface area contributed by atoms with Gasteiger partial charge >= 0.3 is 0 Å². The molecule has 1 atom stereocenters. The second-order valence-corrected chi connectivity index (χ2v) is 5.17. The summed E-state index contributed by atoms with van der Waals surface area (Å²) in [6.45, 7) is 6.86. The maximum absolute atomic E-state index is 8.98. The minimum absolute atomic E-state index is 0.288. The molecule has 17 heavy (non-hydrogen) atoms. The lowest BCUT2D eigenvalue weighted by Crippen LogP contribution is -2.37. The molecule has 0 aliphatic heterocycles. The molecule has 0 aliphatic rings. The summed E-state index contributed by atoms with van der Waals surface area (Å²) < 4.78 is 0. The summed E-state index contributed by atoms with van der Waals surface area (Å²) in [6, 6.07) is 13.3. The molecule has 0 saturated heterocycles. The van der Waals surface area contributed by atoms with Gasteiger partial charge in [-0.25, -0.2) is 0 Å².